The Balaban J connectivity index is 1.75. The summed E-state index contributed by atoms with van der Waals surface area (Å²) in [6, 6.07) is 0.230. The molecule has 0 saturated carbocycles. The lowest BCUT2D eigenvalue weighted by atomic mass is 9.88. The lowest BCUT2D eigenvalue weighted by Gasteiger charge is -2.28. The number of sulfonamides is 1. The van der Waals surface area contributed by atoms with Gasteiger partial charge in [0.05, 0.1) is 24.3 Å². The van der Waals surface area contributed by atoms with Crippen LogP contribution in [0.3, 0.4) is 0 Å². The van der Waals surface area contributed by atoms with Gasteiger partial charge in [-0.2, -0.15) is 0 Å². The molecule has 3 aliphatic heterocycles. The zero-order valence-electron chi connectivity index (χ0n) is 17.5. The van der Waals surface area contributed by atoms with Crippen molar-refractivity contribution in [2.75, 3.05) is 19.3 Å². The standard InChI is InChI=1S/C20H33N3O4S/c1-13(2)18-19-16(23(20(18)25)28(5,26)27)10-12-22(19)17(24)7-6-11-21-14(3)8-9-15(21)4/h6-7,13-16,18-19H,8-12H2,1-5H3/t14?,15?,16-,18+,19-/m0/s1. The number of fused-ring (bicyclic) bond motifs is 1. The predicted molar refractivity (Wildman–Crippen MR) is 108 cm³/mol. The molecule has 0 aromatic rings. The maximum atomic E-state index is 12.9. The Morgan fingerprint density at radius 1 is 1.18 bits per heavy atom. The van der Waals surface area contributed by atoms with Gasteiger partial charge < -0.3 is 4.90 Å². The summed E-state index contributed by atoms with van der Waals surface area (Å²) < 4.78 is 25.4. The fourth-order valence-corrected chi connectivity index (χ4v) is 6.44. The molecule has 2 amide bonds. The van der Waals surface area contributed by atoms with Crippen molar-refractivity contribution < 1.29 is 18.0 Å². The summed E-state index contributed by atoms with van der Waals surface area (Å²) in [4.78, 5) is 29.8. The van der Waals surface area contributed by atoms with E-state index in [0.29, 0.717) is 25.0 Å². The van der Waals surface area contributed by atoms with Crippen LogP contribution in [0.1, 0.15) is 47.0 Å². The molecule has 0 aromatic heterocycles. The van der Waals surface area contributed by atoms with Gasteiger partial charge in [-0.05, 0) is 39.0 Å². The van der Waals surface area contributed by atoms with E-state index >= 15 is 0 Å². The average molecular weight is 412 g/mol. The quantitative estimate of drug-likeness (QED) is 0.640. The van der Waals surface area contributed by atoms with Crippen molar-refractivity contribution in [1.82, 2.24) is 14.1 Å². The van der Waals surface area contributed by atoms with Crippen LogP contribution in [0.5, 0.6) is 0 Å². The number of carbonyl (C=O) groups excluding carboxylic acids is 2. The molecule has 0 spiro atoms. The van der Waals surface area contributed by atoms with Crippen LogP contribution in [0.2, 0.25) is 0 Å². The third-order valence-electron chi connectivity index (χ3n) is 6.66. The minimum absolute atomic E-state index is 0.0320. The van der Waals surface area contributed by atoms with Crippen LogP contribution < -0.4 is 0 Å². The molecular weight excluding hydrogens is 378 g/mol. The van der Waals surface area contributed by atoms with E-state index in [1.165, 1.54) is 12.8 Å². The van der Waals surface area contributed by atoms with Gasteiger partial charge in [-0.25, -0.2) is 12.7 Å². The Labute approximate surface area is 168 Å². The number of amides is 2. The highest BCUT2D eigenvalue weighted by Crippen LogP contribution is 2.41. The van der Waals surface area contributed by atoms with Crippen molar-refractivity contribution >= 4 is 21.8 Å². The lowest BCUT2D eigenvalue weighted by Crippen LogP contribution is -2.43. The fourth-order valence-electron chi connectivity index (χ4n) is 5.27. The normalized spacial score (nSPS) is 34.2. The van der Waals surface area contributed by atoms with Crippen molar-refractivity contribution in [3.8, 4) is 0 Å². The lowest BCUT2D eigenvalue weighted by molar-refractivity contribution is -0.131. The van der Waals surface area contributed by atoms with Crippen LogP contribution in [0.15, 0.2) is 12.2 Å². The number of rotatable bonds is 5. The zero-order valence-corrected chi connectivity index (χ0v) is 18.4. The molecule has 3 saturated heterocycles. The second-order valence-electron chi connectivity index (χ2n) is 8.92. The topological polar surface area (TPSA) is 78.0 Å². The van der Waals surface area contributed by atoms with Crippen molar-refractivity contribution in [3.63, 3.8) is 0 Å². The van der Waals surface area contributed by atoms with E-state index in [9.17, 15) is 18.0 Å². The largest absolute Gasteiger partial charge is 0.333 e. The molecule has 3 fully saturated rings. The van der Waals surface area contributed by atoms with E-state index in [0.717, 1.165) is 17.1 Å². The molecule has 3 heterocycles. The summed E-state index contributed by atoms with van der Waals surface area (Å²) in [7, 11) is -3.64. The van der Waals surface area contributed by atoms with E-state index < -0.39 is 22.0 Å². The maximum Gasteiger partial charge on any atom is 0.246 e. The smallest absolute Gasteiger partial charge is 0.246 e. The summed E-state index contributed by atoms with van der Waals surface area (Å²) in [6.07, 6.45) is 7.45. The SMILES string of the molecule is CC(C)[C@H]1C(=O)N(S(C)(=O)=O)[C@H]2CCN(C(=O)C=CCN3C(C)CCC3C)[C@H]12. The zero-order chi connectivity index (χ0) is 20.8. The number of hydrogen-bond donors (Lipinski definition) is 0. The van der Waals surface area contributed by atoms with Crippen LogP contribution in [0.4, 0.5) is 0 Å². The van der Waals surface area contributed by atoms with Gasteiger partial charge >= 0.3 is 0 Å². The summed E-state index contributed by atoms with van der Waals surface area (Å²) in [5.41, 5.74) is 0. The van der Waals surface area contributed by atoms with E-state index in [1.54, 1.807) is 11.0 Å². The Morgan fingerprint density at radius 2 is 1.79 bits per heavy atom. The molecule has 0 bridgehead atoms. The van der Waals surface area contributed by atoms with Crippen molar-refractivity contribution in [2.24, 2.45) is 11.8 Å². The first-order valence-electron chi connectivity index (χ1n) is 10.3. The van der Waals surface area contributed by atoms with Crippen LogP contribution in [-0.2, 0) is 19.6 Å². The molecule has 0 aliphatic carbocycles. The van der Waals surface area contributed by atoms with Crippen molar-refractivity contribution in [1.29, 1.82) is 0 Å². The average Bonchev–Trinajstić information content (AvgIpc) is 3.20. The molecule has 3 aliphatic rings. The third-order valence-corrected chi connectivity index (χ3v) is 7.83. The Morgan fingerprint density at radius 3 is 2.32 bits per heavy atom. The van der Waals surface area contributed by atoms with E-state index in [-0.39, 0.29) is 23.8 Å². The summed E-state index contributed by atoms with van der Waals surface area (Å²) in [5.74, 6) is -0.997. The van der Waals surface area contributed by atoms with Crippen LogP contribution in [0, 0.1) is 11.8 Å². The minimum atomic E-state index is -3.64. The van der Waals surface area contributed by atoms with Gasteiger partial charge in [0.25, 0.3) is 0 Å². The molecular formula is C20H33N3O4S. The second kappa shape index (κ2) is 7.78. The molecule has 8 heteroatoms. The van der Waals surface area contributed by atoms with Gasteiger partial charge in [0.2, 0.25) is 21.8 Å². The summed E-state index contributed by atoms with van der Waals surface area (Å²) in [6.45, 7) is 9.47. The second-order valence-corrected chi connectivity index (χ2v) is 10.8. The highest BCUT2D eigenvalue weighted by molar-refractivity contribution is 7.88. The fraction of sp³-hybridized carbons (Fsp3) is 0.800. The van der Waals surface area contributed by atoms with E-state index in [2.05, 4.69) is 18.7 Å². The highest BCUT2D eigenvalue weighted by atomic mass is 32.2. The molecule has 5 atom stereocenters. The van der Waals surface area contributed by atoms with Crippen LogP contribution in [0.25, 0.3) is 0 Å². The molecule has 0 aromatic carbocycles. The summed E-state index contributed by atoms with van der Waals surface area (Å²) in [5, 5.41) is 0. The number of carbonyl (C=O) groups is 2. The van der Waals surface area contributed by atoms with Crippen LogP contribution >= 0.6 is 0 Å². The van der Waals surface area contributed by atoms with Gasteiger partial charge in [-0.1, -0.05) is 19.9 Å². The Bertz CT molecular complexity index is 753. The first-order chi connectivity index (χ1) is 13.0. The van der Waals surface area contributed by atoms with Gasteiger partial charge in [0, 0.05) is 31.2 Å². The molecule has 3 rings (SSSR count). The monoisotopic (exact) mass is 411 g/mol. The maximum absolute atomic E-state index is 12.9. The first-order valence-corrected chi connectivity index (χ1v) is 12.1. The third kappa shape index (κ3) is 3.73. The van der Waals surface area contributed by atoms with Crippen molar-refractivity contribution in [2.45, 2.75) is 71.1 Å². The van der Waals surface area contributed by atoms with Gasteiger partial charge in [0.1, 0.15) is 0 Å². The van der Waals surface area contributed by atoms with Crippen LogP contribution in [-0.4, -0.2) is 77.8 Å². The van der Waals surface area contributed by atoms with Gasteiger partial charge in [-0.15, -0.1) is 0 Å². The molecule has 0 N–H and O–H groups in total. The van der Waals surface area contributed by atoms with E-state index in [4.69, 9.17) is 0 Å². The van der Waals surface area contributed by atoms with Gasteiger partial charge in [0.15, 0.2) is 0 Å². The first kappa shape index (κ1) is 21.3. The molecule has 158 valence electrons. The Hall–Kier alpha value is -1.41. The molecule has 7 nitrogen and oxygen atoms in total. The van der Waals surface area contributed by atoms with Gasteiger partial charge in [-0.3, -0.25) is 14.5 Å². The van der Waals surface area contributed by atoms with Crippen molar-refractivity contribution in [3.05, 3.63) is 12.2 Å². The molecule has 0 radical (unpaired) electrons. The molecule has 2 unspecified atom stereocenters. The number of likely N-dealkylation sites (tertiary alicyclic amines) is 2. The minimum Gasteiger partial charge on any atom is -0.333 e. The Kier molecular flexibility index (Phi) is 5.92. The number of nitrogens with zero attached hydrogens (tertiary/aromatic N) is 3. The highest BCUT2D eigenvalue weighted by Gasteiger charge is 2.58. The molecule has 28 heavy (non-hydrogen) atoms. The summed E-state index contributed by atoms with van der Waals surface area (Å²) >= 11 is 0. The van der Waals surface area contributed by atoms with E-state index in [1.807, 2.05) is 19.9 Å². The predicted octanol–water partition coefficient (Wildman–Crippen LogP) is 1.46. The number of hydrogen-bond acceptors (Lipinski definition) is 5.